The first-order chi connectivity index (χ1) is 9.73. The van der Waals surface area contributed by atoms with E-state index in [2.05, 4.69) is 0 Å². The predicted molar refractivity (Wildman–Crippen MR) is 80.1 cm³/mol. The van der Waals surface area contributed by atoms with Crippen molar-refractivity contribution in [3.05, 3.63) is 29.8 Å². The van der Waals surface area contributed by atoms with Gasteiger partial charge in [-0.2, -0.15) is 0 Å². The van der Waals surface area contributed by atoms with E-state index in [-0.39, 0.29) is 18.7 Å². The first-order valence-corrected chi connectivity index (χ1v) is 6.82. The molecule has 1 aromatic rings. The number of nitrogens with zero attached hydrogens (tertiary/aromatic N) is 1. The zero-order chi connectivity index (χ0) is 16.0. The lowest BCUT2D eigenvalue weighted by atomic mass is 9.85. The van der Waals surface area contributed by atoms with Gasteiger partial charge in [0.15, 0.2) is 0 Å². The molecule has 0 radical (unpaired) electrons. The zero-order valence-electron chi connectivity index (χ0n) is 13.0. The number of benzene rings is 1. The molecule has 0 unspecified atom stereocenters. The Morgan fingerprint density at radius 3 is 2.24 bits per heavy atom. The van der Waals surface area contributed by atoms with E-state index >= 15 is 0 Å². The fourth-order valence-corrected chi connectivity index (χ4v) is 2.11. The fourth-order valence-electron chi connectivity index (χ4n) is 2.11. The van der Waals surface area contributed by atoms with E-state index in [1.165, 1.54) is 0 Å². The highest BCUT2D eigenvalue weighted by molar-refractivity contribution is 5.77. The molecule has 1 amide bonds. The minimum atomic E-state index is -0.884. The highest BCUT2D eigenvalue weighted by Crippen LogP contribution is 2.26. The third-order valence-corrected chi connectivity index (χ3v) is 3.26. The van der Waals surface area contributed by atoms with Crippen molar-refractivity contribution < 1.29 is 19.4 Å². The predicted octanol–water partition coefficient (Wildman–Crippen LogP) is 2.54. The van der Waals surface area contributed by atoms with Gasteiger partial charge in [-0.15, -0.1) is 0 Å². The molecule has 0 spiro atoms. The molecule has 0 atom stereocenters. The molecule has 0 aliphatic heterocycles. The highest BCUT2D eigenvalue weighted by Gasteiger charge is 2.26. The van der Waals surface area contributed by atoms with E-state index < -0.39 is 11.4 Å². The number of ether oxygens (including phenoxy) is 1. The molecule has 5 heteroatoms. The van der Waals surface area contributed by atoms with E-state index in [0.717, 1.165) is 11.3 Å². The second-order valence-corrected chi connectivity index (χ2v) is 6.01. The van der Waals surface area contributed by atoms with E-state index in [0.29, 0.717) is 6.54 Å². The van der Waals surface area contributed by atoms with Crippen LogP contribution in [-0.4, -0.2) is 36.0 Å². The summed E-state index contributed by atoms with van der Waals surface area (Å²) in [6, 6.07) is 7.51. The van der Waals surface area contributed by atoms with Gasteiger partial charge in [-0.3, -0.25) is 9.59 Å². The van der Waals surface area contributed by atoms with Crippen molar-refractivity contribution in [2.75, 3.05) is 14.2 Å². The SMILES string of the molecule is COc1ccc(CN(C)C(=O)CC(C)(C)CC(=O)O)cc1. The lowest BCUT2D eigenvalue weighted by Gasteiger charge is -2.25. The topological polar surface area (TPSA) is 66.8 Å². The van der Waals surface area contributed by atoms with Crippen LogP contribution in [0, 0.1) is 5.41 Å². The fraction of sp³-hybridized carbons (Fsp3) is 0.500. The Kier molecular flexibility index (Phi) is 5.76. The summed E-state index contributed by atoms with van der Waals surface area (Å²) in [7, 11) is 3.33. The van der Waals surface area contributed by atoms with Crippen LogP contribution < -0.4 is 4.74 Å². The molecule has 0 fully saturated rings. The maximum absolute atomic E-state index is 12.2. The van der Waals surface area contributed by atoms with Gasteiger partial charge in [0.25, 0.3) is 0 Å². The van der Waals surface area contributed by atoms with Crippen LogP contribution in [0.4, 0.5) is 0 Å². The Balaban J connectivity index is 2.59. The van der Waals surface area contributed by atoms with Crippen LogP contribution in [0.2, 0.25) is 0 Å². The smallest absolute Gasteiger partial charge is 0.303 e. The number of carboxylic acids is 1. The third kappa shape index (κ3) is 5.85. The molecule has 0 heterocycles. The molecule has 1 aromatic carbocycles. The number of carbonyl (C=O) groups is 2. The Morgan fingerprint density at radius 1 is 1.19 bits per heavy atom. The van der Waals surface area contributed by atoms with Gasteiger partial charge >= 0.3 is 5.97 Å². The maximum Gasteiger partial charge on any atom is 0.303 e. The summed E-state index contributed by atoms with van der Waals surface area (Å²) < 4.78 is 5.09. The number of methoxy groups -OCH3 is 1. The van der Waals surface area contributed by atoms with Gasteiger partial charge in [-0.25, -0.2) is 0 Å². The number of hydrogen-bond acceptors (Lipinski definition) is 3. The van der Waals surface area contributed by atoms with Crippen molar-refractivity contribution in [3.8, 4) is 5.75 Å². The zero-order valence-corrected chi connectivity index (χ0v) is 13.0. The quantitative estimate of drug-likeness (QED) is 0.839. The maximum atomic E-state index is 12.2. The summed E-state index contributed by atoms with van der Waals surface area (Å²) in [5.74, 6) is -0.169. The summed E-state index contributed by atoms with van der Waals surface area (Å²) in [6.07, 6.45) is 0.196. The van der Waals surface area contributed by atoms with Gasteiger partial charge < -0.3 is 14.7 Å². The molecule has 0 bridgehead atoms. The van der Waals surface area contributed by atoms with E-state index in [9.17, 15) is 9.59 Å². The number of aliphatic carboxylic acids is 1. The van der Waals surface area contributed by atoms with Crippen LogP contribution in [0.15, 0.2) is 24.3 Å². The molecule has 1 N–H and O–H groups in total. The molecular weight excluding hydrogens is 270 g/mol. The Morgan fingerprint density at radius 2 is 1.76 bits per heavy atom. The monoisotopic (exact) mass is 293 g/mol. The summed E-state index contributed by atoms with van der Waals surface area (Å²) in [5.41, 5.74) is 0.458. The van der Waals surface area contributed by atoms with E-state index in [1.54, 1.807) is 32.9 Å². The molecule has 0 aliphatic rings. The van der Waals surface area contributed by atoms with Crippen LogP contribution in [-0.2, 0) is 16.1 Å². The van der Waals surface area contributed by atoms with Gasteiger partial charge in [0.1, 0.15) is 5.75 Å². The van der Waals surface area contributed by atoms with Crippen molar-refractivity contribution in [1.82, 2.24) is 4.90 Å². The lowest BCUT2D eigenvalue weighted by molar-refractivity contribution is -0.140. The van der Waals surface area contributed by atoms with Gasteiger partial charge in [0.05, 0.1) is 13.5 Å². The molecule has 0 aromatic heterocycles. The molecule has 0 saturated heterocycles. The second-order valence-electron chi connectivity index (χ2n) is 6.01. The highest BCUT2D eigenvalue weighted by atomic mass is 16.5. The number of carboxylic acid groups (broad SMARTS) is 1. The summed E-state index contributed by atoms with van der Waals surface area (Å²) >= 11 is 0. The Bertz CT molecular complexity index is 494. The lowest BCUT2D eigenvalue weighted by Crippen LogP contribution is -2.31. The van der Waals surface area contributed by atoms with Gasteiger partial charge in [-0.05, 0) is 23.1 Å². The molecule has 0 saturated carbocycles. The molecule has 5 nitrogen and oxygen atoms in total. The van der Waals surface area contributed by atoms with Crippen LogP contribution in [0.5, 0.6) is 5.75 Å². The standard InChI is InChI=1S/C16H23NO4/c1-16(2,10-15(19)20)9-14(18)17(3)11-12-5-7-13(21-4)8-6-12/h5-8H,9-11H2,1-4H3,(H,19,20). The normalized spacial score (nSPS) is 11.0. The second kappa shape index (κ2) is 7.11. The number of amides is 1. The molecule has 1 rings (SSSR count). The van der Waals surface area contributed by atoms with E-state index in [4.69, 9.17) is 9.84 Å². The largest absolute Gasteiger partial charge is 0.497 e. The average molecular weight is 293 g/mol. The number of rotatable bonds is 7. The van der Waals surface area contributed by atoms with Crippen LogP contribution in [0.1, 0.15) is 32.3 Å². The average Bonchev–Trinajstić information content (AvgIpc) is 2.37. The van der Waals surface area contributed by atoms with Gasteiger partial charge in [0.2, 0.25) is 5.91 Å². The number of carbonyl (C=O) groups excluding carboxylic acids is 1. The Hall–Kier alpha value is -2.04. The van der Waals surface area contributed by atoms with Crippen molar-refractivity contribution in [2.45, 2.75) is 33.2 Å². The first kappa shape index (κ1) is 17.0. The third-order valence-electron chi connectivity index (χ3n) is 3.26. The van der Waals surface area contributed by atoms with E-state index in [1.807, 2.05) is 24.3 Å². The minimum absolute atomic E-state index is 0.0187. The summed E-state index contributed by atoms with van der Waals surface area (Å²) in [4.78, 5) is 24.6. The van der Waals surface area contributed by atoms with Crippen LogP contribution in [0.25, 0.3) is 0 Å². The molecule has 21 heavy (non-hydrogen) atoms. The molecular formula is C16H23NO4. The minimum Gasteiger partial charge on any atom is -0.497 e. The van der Waals surface area contributed by atoms with Crippen molar-refractivity contribution in [2.24, 2.45) is 5.41 Å². The molecule has 116 valence electrons. The summed E-state index contributed by atoms with van der Waals surface area (Å²) in [5, 5.41) is 8.85. The van der Waals surface area contributed by atoms with Crippen LogP contribution >= 0.6 is 0 Å². The van der Waals surface area contributed by atoms with Crippen molar-refractivity contribution in [3.63, 3.8) is 0 Å². The first-order valence-electron chi connectivity index (χ1n) is 6.82. The molecule has 0 aliphatic carbocycles. The summed E-state index contributed by atoms with van der Waals surface area (Å²) in [6.45, 7) is 4.08. The number of hydrogen-bond donors (Lipinski definition) is 1. The van der Waals surface area contributed by atoms with Gasteiger partial charge in [-0.1, -0.05) is 26.0 Å². The Labute approximate surface area is 125 Å². The van der Waals surface area contributed by atoms with Crippen LogP contribution in [0.3, 0.4) is 0 Å². The van der Waals surface area contributed by atoms with Crippen molar-refractivity contribution in [1.29, 1.82) is 0 Å². The van der Waals surface area contributed by atoms with Crippen molar-refractivity contribution >= 4 is 11.9 Å². The van der Waals surface area contributed by atoms with Gasteiger partial charge in [0, 0.05) is 20.0 Å².